The molecule has 0 bridgehead atoms. The SMILES string of the molecule is N#Cc1cc(F)cc2c1[C@@H](c1cc(F)c(C3CCOCC3)c3c1C[C@@H](F)[C@H]3O)C[C@H](F)[C@@H]2F. The van der Waals surface area contributed by atoms with Crippen LogP contribution in [0.4, 0.5) is 22.0 Å². The maximum Gasteiger partial charge on any atom is 0.157 e. The summed E-state index contributed by atoms with van der Waals surface area (Å²) in [5, 5.41) is 20.2. The summed E-state index contributed by atoms with van der Waals surface area (Å²) >= 11 is 0. The average Bonchev–Trinajstić information content (AvgIpc) is 3.10. The van der Waals surface area contributed by atoms with E-state index in [-0.39, 0.29) is 45.7 Å². The summed E-state index contributed by atoms with van der Waals surface area (Å²) in [6, 6.07) is 4.84. The lowest BCUT2D eigenvalue weighted by molar-refractivity contribution is 0.0787. The molecular weight excluding hydrogens is 441 g/mol. The van der Waals surface area contributed by atoms with Crippen molar-refractivity contribution in [2.75, 3.05) is 13.2 Å². The van der Waals surface area contributed by atoms with Gasteiger partial charge in [0.25, 0.3) is 0 Å². The first kappa shape index (κ1) is 22.3. The zero-order chi connectivity index (χ0) is 23.4. The molecule has 1 saturated heterocycles. The standard InChI is InChI=1S/C25H22F5NO2/c26-13-5-12(10-31)21-15(8-19(28)24(30)17(21)6-13)14-7-18(27)22(11-1-3-33-4-2-11)23-16(14)9-20(29)25(23)32/h5-7,11,15,19-20,24-25,32H,1-4,8-9H2/t15-,19+,20-,24-,25-/m1/s1. The molecule has 0 unspecified atom stereocenters. The second-order valence-corrected chi connectivity index (χ2v) is 9.08. The number of aliphatic hydroxyl groups excluding tert-OH is 1. The highest BCUT2D eigenvalue weighted by molar-refractivity contribution is 5.57. The van der Waals surface area contributed by atoms with Crippen LogP contribution in [-0.2, 0) is 11.2 Å². The van der Waals surface area contributed by atoms with Gasteiger partial charge in [-0.3, -0.25) is 0 Å². The minimum absolute atomic E-state index is 0.0949. The summed E-state index contributed by atoms with van der Waals surface area (Å²) in [6.45, 7) is 0.842. The minimum atomic E-state index is -2.13. The van der Waals surface area contributed by atoms with Gasteiger partial charge in [-0.1, -0.05) is 0 Å². The van der Waals surface area contributed by atoms with E-state index in [0.29, 0.717) is 31.6 Å². The Morgan fingerprint density at radius 1 is 0.939 bits per heavy atom. The van der Waals surface area contributed by atoms with E-state index in [0.717, 1.165) is 12.1 Å². The molecule has 2 aromatic rings. The molecule has 5 rings (SSSR count). The second kappa shape index (κ2) is 8.37. The Balaban J connectivity index is 1.73. The Labute approximate surface area is 187 Å². The van der Waals surface area contributed by atoms with Crippen LogP contribution in [0.15, 0.2) is 18.2 Å². The first-order valence-electron chi connectivity index (χ1n) is 11.1. The molecule has 33 heavy (non-hydrogen) atoms. The summed E-state index contributed by atoms with van der Waals surface area (Å²) in [6.07, 6.45) is -6.89. The quantitative estimate of drug-likeness (QED) is 0.595. The monoisotopic (exact) mass is 463 g/mol. The van der Waals surface area contributed by atoms with Crippen LogP contribution in [-0.4, -0.2) is 30.7 Å². The zero-order valence-electron chi connectivity index (χ0n) is 17.6. The first-order valence-corrected chi connectivity index (χ1v) is 11.1. The molecule has 174 valence electrons. The highest BCUT2D eigenvalue weighted by Gasteiger charge is 2.44. The number of nitriles is 1. The number of nitrogens with zero attached hydrogens (tertiary/aromatic N) is 1. The van der Waals surface area contributed by atoms with Gasteiger partial charge in [-0.15, -0.1) is 0 Å². The highest BCUT2D eigenvalue weighted by atomic mass is 19.2. The molecule has 1 aliphatic heterocycles. The maximum absolute atomic E-state index is 15.6. The van der Waals surface area contributed by atoms with E-state index >= 15 is 4.39 Å². The number of fused-ring (bicyclic) bond motifs is 2. The number of aliphatic hydroxyl groups is 1. The average molecular weight is 463 g/mol. The molecule has 1 heterocycles. The smallest absolute Gasteiger partial charge is 0.157 e. The van der Waals surface area contributed by atoms with Gasteiger partial charge in [0.2, 0.25) is 0 Å². The molecule has 0 aromatic heterocycles. The fourth-order valence-electron chi connectivity index (χ4n) is 5.80. The predicted molar refractivity (Wildman–Crippen MR) is 109 cm³/mol. The molecule has 3 aliphatic rings. The lowest BCUT2D eigenvalue weighted by atomic mass is 9.72. The molecule has 8 heteroatoms. The number of alkyl halides is 3. The van der Waals surface area contributed by atoms with Gasteiger partial charge in [-0.05, 0) is 76.8 Å². The number of halogens is 5. The first-order chi connectivity index (χ1) is 15.8. The van der Waals surface area contributed by atoms with E-state index in [4.69, 9.17) is 4.74 Å². The van der Waals surface area contributed by atoms with Crippen LogP contribution in [0, 0.1) is 23.0 Å². The van der Waals surface area contributed by atoms with Crippen molar-refractivity contribution in [1.82, 2.24) is 0 Å². The number of hydrogen-bond acceptors (Lipinski definition) is 3. The summed E-state index contributed by atoms with van der Waals surface area (Å²) < 4.78 is 79.1. The van der Waals surface area contributed by atoms with Gasteiger partial charge in [-0.25, -0.2) is 22.0 Å². The molecule has 3 nitrogen and oxygen atoms in total. The summed E-state index contributed by atoms with van der Waals surface area (Å²) in [4.78, 5) is 0. The molecule has 1 fully saturated rings. The number of benzene rings is 2. The number of ether oxygens (including phenoxy) is 1. The molecule has 0 amide bonds. The van der Waals surface area contributed by atoms with Gasteiger partial charge in [0.05, 0.1) is 11.6 Å². The van der Waals surface area contributed by atoms with Crippen LogP contribution in [0.3, 0.4) is 0 Å². The number of hydrogen-bond donors (Lipinski definition) is 1. The third-order valence-corrected chi connectivity index (χ3v) is 7.27. The summed E-state index contributed by atoms with van der Waals surface area (Å²) in [5.41, 5.74) is 0.654. The van der Waals surface area contributed by atoms with Gasteiger partial charge in [-0.2, -0.15) is 5.26 Å². The Hall–Kier alpha value is -2.50. The van der Waals surface area contributed by atoms with E-state index in [2.05, 4.69) is 0 Å². The van der Waals surface area contributed by atoms with Crippen molar-refractivity contribution in [3.05, 3.63) is 68.8 Å². The van der Waals surface area contributed by atoms with E-state index in [1.807, 2.05) is 6.07 Å². The van der Waals surface area contributed by atoms with E-state index in [1.54, 1.807) is 0 Å². The lowest BCUT2D eigenvalue weighted by Gasteiger charge is -2.34. The molecule has 0 radical (unpaired) electrons. The normalized spacial score (nSPS) is 29.4. The molecule has 2 aliphatic carbocycles. The number of rotatable bonds is 2. The molecule has 0 spiro atoms. The van der Waals surface area contributed by atoms with Gasteiger partial charge in [0, 0.05) is 25.6 Å². The maximum atomic E-state index is 15.6. The fourth-order valence-corrected chi connectivity index (χ4v) is 5.80. The fraction of sp³-hybridized carbons (Fsp3) is 0.480. The van der Waals surface area contributed by atoms with Gasteiger partial charge in [0.1, 0.15) is 30.1 Å². The summed E-state index contributed by atoms with van der Waals surface area (Å²) in [7, 11) is 0. The predicted octanol–water partition coefficient (Wildman–Crippen LogP) is 5.54. The largest absolute Gasteiger partial charge is 0.385 e. The van der Waals surface area contributed by atoms with Crippen LogP contribution < -0.4 is 0 Å². The van der Waals surface area contributed by atoms with E-state index in [1.165, 1.54) is 6.07 Å². The Kier molecular flexibility index (Phi) is 5.66. The van der Waals surface area contributed by atoms with Crippen molar-refractivity contribution in [2.24, 2.45) is 0 Å². The van der Waals surface area contributed by atoms with Crippen molar-refractivity contribution in [3.63, 3.8) is 0 Å². The van der Waals surface area contributed by atoms with Crippen molar-refractivity contribution < 1.29 is 31.8 Å². The van der Waals surface area contributed by atoms with Crippen LogP contribution in [0.2, 0.25) is 0 Å². The Morgan fingerprint density at radius 2 is 1.67 bits per heavy atom. The topological polar surface area (TPSA) is 53.2 Å². The molecule has 5 atom stereocenters. The lowest BCUT2D eigenvalue weighted by Crippen LogP contribution is -2.26. The van der Waals surface area contributed by atoms with Crippen molar-refractivity contribution in [3.8, 4) is 6.07 Å². The third-order valence-electron chi connectivity index (χ3n) is 7.27. The second-order valence-electron chi connectivity index (χ2n) is 9.08. The summed E-state index contributed by atoms with van der Waals surface area (Å²) in [5.74, 6) is -2.75. The highest BCUT2D eigenvalue weighted by Crippen LogP contribution is 2.51. The van der Waals surface area contributed by atoms with E-state index in [9.17, 15) is 27.9 Å². The van der Waals surface area contributed by atoms with Crippen LogP contribution in [0.1, 0.15) is 82.3 Å². The van der Waals surface area contributed by atoms with Crippen molar-refractivity contribution in [2.45, 2.75) is 62.1 Å². The zero-order valence-corrected chi connectivity index (χ0v) is 17.6. The van der Waals surface area contributed by atoms with Gasteiger partial charge >= 0.3 is 0 Å². The Bertz CT molecular complexity index is 1140. The molecule has 2 aromatic carbocycles. The molecule has 1 N–H and O–H groups in total. The Morgan fingerprint density at radius 3 is 2.36 bits per heavy atom. The van der Waals surface area contributed by atoms with Crippen LogP contribution in [0.25, 0.3) is 0 Å². The third kappa shape index (κ3) is 3.53. The molecule has 0 saturated carbocycles. The van der Waals surface area contributed by atoms with Gasteiger partial charge in [0.15, 0.2) is 6.17 Å². The van der Waals surface area contributed by atoms with E-state index < -0.39 is 48.6 Å². The molecular formula is C25H22F5NO2. The minimum Gasteiger partial charge on any atom is -0.385 e. The van der Waals surface area contributed by atoms with Crippen molar-refractivity contribution >= 4 is 0 Å². The van der Waals surface area contributed by atoms with Crippen LogP contribution in [0.5, 0.6) is 0 Å². The van der Waals surface area contributed by atoms with Crippen LogP contribution >= 0.6 is 0 Å². The van der Waals surface area contributed by atoms with Crippen molar-refractivity contribution in [1.29, 1.82) is 5.26 Å². The van der Waals surface area contributed by atoms with Gasteiger partial charge < -0.3 is 9.84 Å².